The van der Waals surface area contributed by atoms with E-state index in [1.807, 2.05) is 0 Å². The Labute approximate surface area is 157 Å². The lowest BCUT2D eigenvalue weighted by Crippen LogP contribution is -2.31. The summed E-state index contributed by atoms with van der Waals surface area (Å²) in [6.07, 6.45) is 3.84. The zero-order valence-electron chi connectivity index (χ0n) is 15.0. The van der Waals surface area contributed by atoms with Crippen molar-refractivity contribution in [3.05, 3.63) is 59.4 Å². The first-order chi connectivity index (χ1) is 13.1. The Morgan fingerprint density at radius 1 is 1.07 bits per heavy atom. The summed E-state index contributed by atoms with van der Waals surface area (Å²) in [5.41, 5.74) is 1.89. The zero-order chi connectivity index (χ0) is 18.8. The molecule has 0 aromatic heterocycles. The van der Waals surface area contributed by atoms with Gasteiger partial charge in [0, 0.05) is 35.8 Å². The molecular formula is C22H22FNO3. The summed E-state index contributed by atoms with van der Waals surface area (Å²) < 4.78 is 20.1. The molecular weight excluding hydrogens is 345 g/mol. The van der Waals surface area contributed by atoms with Crippen molar-refractivity contribution in [2.45, 2.75) is 31.8 Å². The molecule has 2 aromatic carbocycles. The number of rotatable bonds is 6. The van der Waals surface area contributed by atoms with Gasteiger partial charge in [0.25, 0.3) is 5.91 Å². The highest BCUT2D eigenvalue weighted by atomic mass is 19.1. The van der Waals surface area contributed by atoms with Crippen LogP contribution in [0.15, 0.2) is 42.5 Å². The number of carbonyl (C=O) groups excluding carboxylic acids is 2. The van der Waals surface area contributed by atoms with Crippen molar-refractivity contribution in [1.82, 2.24) is 5.32 Å². The highest BCUT2D eigenvalue weighted by Crippen LogP contribution is 2.33. The normalized spacial score (nSPS) is 19.1. The number of ether oxygens (including phenoxy) is 1. The second-order valence-corrected chi connectivity index (χ2v) is 7.26. The van der Waals surface area contributed by atoms with Crippen molar-refractivity contribution in [1.29, 1.82) is 0 Å². The zero-order valence-corrected chi connectivity index (χ0v) is 15.0. The fraction of sp³-hybridized carbons (Fsp3) is 0.364. The van der Waals surface area contributed by atoms with Gasteiger partial charge in [0.2, 0.25) is 0 Å². The Kier molecular flexibility index (Phi) is 5.03. The first-order valence-electron chi connectivity index (χ1n) is 9.46. The second-order valence-electron chi connectivity index (χ2n) is 7.26. The summed E-state index contributed by atoms with van der Waals surface area (Å²) in [6.45, 7) is 1.23. The second kappa shape index (κ2) is 7.61. The van der Waals surface area contributed by atoms with Gasteiger partial charge in [-0.2, -0.15) is 0 Å². The molecule has 1 aliphatic carbocycles. The van der Waals surface area contributed by atoms with E-state index in [0.717, 1.165) is 32.3 Å². The number of ketones is 1. The van der Waals surface area contributed by atoms with Gasteiger partial charge in [0.15, 0.2) is 5.78 Å². The Morgan fingerprint density at radius 2 is 1.93 bits per heavy atom. The van der Waals surface area contributed by atoms with Gasteiger partial charge in [-0.15, -0.1) is 0 Å². The third kappa shape index (κ3) is 4.08. The minimum absolute atomic E-state index is 0.0164. The largest absolute Gasteiger partial charge is 0.376 e. The van der Waals surface area contributed by atoms with Crippen molar-refractivity contribution < 1.29 is 18.7 Å². The van der Waals surface area contributed by atoms with Gasteiger partial charge in [-0.3, -0.25) is 9.59 Å². The monoisotopic (exact) mass is 367 g/mol. The molecule has 1 amide bonds. The summed E-state index contributed by atoms with van der Waals surface area (Å²) in [7, 11) is 0. The van der Waals surface area contributed by atoms with E-state index in [9.17, 15) is 14.0 Å². The molecule has 2 aliphatic rings. The van der Waals surface area contributed by atoms with Crippen LogP contribution < -0.4 is 5.32 Å². The summed E-state index contributed by atoms with van der Waals surface area (Å²) in [5, 5.41) is 2.88. The van der Waals surface area contributed by atoms with Gasteiger partial charge >= 0.3 is 0 Å². The van der Waals surface area contributed by atoms with Crippen molar-refractivity contribution in [2.24, 2.45) is 5.92 Å². The molecule has 2 aromatic rings. The van der Waals surface area contributed by atoms with Crippen molar-refractivity contribution in [3.63, 3.8) is 0 Å². The van der Waals surface area contributed by atoms with E-state index in [0.29, 0.717) is 28.8 Å². The van der Waals surface area contributed by atoms with E-state index in [-0.39, 0.29) is 23.7 Å². The standard InChI is InChI=1S/C22H22FNO3/c23-20-12-16(21(25)14-6-7-14)8-9-19(20)15-3-1-4-17(11-15)22(26)24-13-18-5-2-10-27-18/h1,3-4,8-9,11-12,14,18H,2,5-7,10,13H2,(H,24,26)/t18-/m1/s1. The number of hydrogen-bond donors (Lipinski definition) is 1. The maximum Gasteiger partial charge on any atom is 0.251 e. The third-order valence-corrected chi connectivity index (χ3v) is 5.15. The molecule has 0 radical (unpaired) electrons. The van der Waals surface area contributed by atoms with E-state index in [2.05, 4.69) is 5.32 Å². The summed E-state index contributed by atoms with van der Waals surface area (Å²) >= 11 is 0. The molecule has 4 rings (SSSR count). The number of benzene rings is 2. The van der Waals surface area contributed by atoms with Gasteiger partial charge < -0.3 is 10.1 Å². The molecule has 0 unspecified atom stereocenters. The number of nitrogens with one attached hydrogen (secondary N) is 1. The first-order valence-corrected chi connectivity index (χ1v) is 9.46. The molecule has 1 saturated heterocycles. The van der Waals surface area contributed by atoms with Gasteiger partial charge in [0.05, 0.1) is 6.10 Å². The molecule has 1 atom stereocenters. The van der Waals surface area contributed by atoms with E-state index in [1.165, 1.54) is 6.07 Å². The minimum Gasteiger partial charge on any atom is -0.376 e. The Balaban J connectivity index is 1.49. The van der Waals surface area contributed by atoms with Crippen LogP contribution in [0.4, 0.5) is 4.39 Å². The SMILES string of the molecule is O=C(NC[C@H]1CCCO1)c1cccc(-c2ccc(C(=O)C3CC3)cc2F)c1. The summed E-state index contributed by atoms with van der Waals surface area (Å²) in [6, 6.07) is 11.5. The van der Waals surface area contributed by atoms with Crippen LogP contribution in [-0.4, -0.2) is 30.9 Å². The molecule has 140 valence electrons. The summed E-state index contributed by atoms with van der Waals surface area (Å²) in [4.78, 5) is 24.5. The van der Waals surface area contributed by atoms with Crippen LogP contribution in [0.2, 0.25) is 0 Å². The molecule has 1 saturated carbocycles. The highest BCUT2D eigenvalue weighted by Gasteiger charge is 2.30. The third-order valence-electron chi connectivity index (χ3n) is 5.15. The van der Waals surface area contributed by atoms with Gasteiger partial charge in [-0.25, -0.2) is 4.39 Å². The van der Waals surface area contributed by atoms with Crippen LogP contribution in [0, 0.1) is 11.7 Å². The molecule has 0 bridgehead atoms. The predicted octanol–water partition coefficient (Wildman–Crippen LogP) is 3.99. The molecule has 1 aliphatic heterocycles. The van der Waals surface area contributed by atoms with Gasteiger partial charge in [0.1, 0.15) is 5.82 Å². The predicted molar refractivity (Wildman–Crippen MR) is 100 cm³/mol. The maximum absolute atomic E-state index is 14.6. The highest BCUT2D eigenvalue weighted by molar-refractivity contribution is 6.00. The number of Topliss-reactive ketones (excluding diaryl/α,β-unsaturated/α-hetero) is 1. The first kappa shape index (κ1) is 17.9. The van der Waals surface area contributed by atoms with Crippen molar-refractivity contribution in [2.75, 3.05) is 13.2 Å². The smallest absolute Gasteiger partial charge is 0.251 e. The lowest BCUT2D eigenvalue weighted by molar-refractivity contribution is 0.0857. The van der Waals surface area contributed by atoms with Crippen LogP contribution in [0.5, 0.6) is 0 Å². The lowest BCUT2D eigenvalue weighted by Gasteiger charge is -2.12. The van der Waals surface area contributed by atoms with E-state index in [4.69, 9.17) is 4.74 Å². The number of carbonyl (C=O) groups is 2. The quantitative estimate of drug-likeness (QED) is 0.786. The molecule has 5 heteroatoms. The molecule has 2 fully saturated rings. The Morgan fingerprint density at radius 3 is 2.63 bits per heavy atom. The van der Waals surface area contributed by atoms with Crippen LogP contribution >= 0.6 is 0 Å². The van der Waals surface area contributed by atoms with Crippen LogP contribution in [0.25, 0.3) is 11.1 Å². The van der Waals surface area contributed by atoms with E-state index in [1.54, 1.807) is 36.4 Å². The van der Waals surface area contributed by atoms with Gasteiger partial charge in [-0.1, -0.05) is 24.3 Å². The van der Waals surface area contributed by atoms with Crippen LogP contribution in [-0.2, 0) is 4.74 Å². The van der Waals surface area contributed by atoms with Gasteiger partial charge in [-0.05, 0) is 49.4 Å². The average Bonchev–Trinajstić information content (AvgIpc) is 3.41. The van der Waals surface area contributed by atoms with Crippen molar-refractivity contribution >= 4 is 11.7 Å². The van der Waals surface area contributed by atoms with Crippen LogP contribution in [0.1, 0.15) is 46.4 Å². The topological polar surface area (TPSA) is 55.4 Å². The molecule has 1 N–H and O–H groups in total. The number of hydrogen-bond acceptors (Lipinski definition) is 3. The van der Waals surface area contributed by atoms with E-state index < -0.39 is 5.82 Å². The maximum atomic E-state index is 14.6. The summed E-state index contributed by atoms with van der Waals surface area (Å²) in [5.74, 6) is -0.569. The average molecular weight is 367 g/mol. The molecule has 4 nitrogen and oxygen atoms in total. The fourth-order valence-corrected chi connectivity index (χ4v) is 3.43. The minimum atomic E-state index is -0.446. The number of amides is 1. The number of halogens is 1. The molecule has 1 heterocycles. The van der Waals surface area contributed by atoms with E-state index >= 15 is 0 Å². The molecule has 0 spiro atoms. The Bertz CT molecular complexity index is 870. The molecule has 27 heavy (non-hydrogen) atoms. The van der Waals surface area contributed by atoms with Crippen LogP contribution in [0.3, 0.4) is 0 Å². The lowest BCUT2D eigenvalue weighted by atomic mass is 9.98. The fourth-order valence-electron chi connectivity index (χ4n) is 3.43. The van der Waals surface area contributed by atoms with Crippen molar-refractivity contribution in [3.8, 4) is 11.1 Å². The Hall–Kier alpha value is -2.53.